The highest BCUT2D eigenvalue weighted by Crippen LogP contribution is 2.17. The first kappa shape index (κ1) is 15.6. The van der Waals surface area contributed by atoms with E-state index >= 15 is 0 Å². The van der Waals surface area contributed by atoms with E-state index in [0.29, 0.717) is 18.1 Å². The largest absolute Gasteiger partial charge is 0.339 e. The molecule has 6 heteroatoms. The molecule has 0 saturated heterocycles. The van der Waals surface area contributed by atoms with E-state index in [-0.39, 0.29) is 30.2 Å². The first-order chi connectivity index (χ1) is 8.56. The summed E-state index contributed by atoms with van der Waals surface area (Å²) in [7, 11) is 0. The van der Waals surface area contributed by atoms with Crippen molar-refractivity contribution in [3.8, 4) is 0 Å². The Bertz CT molecular complexity index is 530. The Morgan fingerprint density at radius 1 is 1.37 bits per heavy atom. The minimum Gasteiger partial charge on any atom is -0.339 e. The average molecular weight is 286 g/mol. The van der Waals surface area contributed by atoms with Crippen molar-refractivity contribution >= 4 is 12.4 Å². The van der Waals surface area contributed by atoms with Gasteiger partial charge < -0.3 is 10.3 Å². The van der Waals surface area contributed by atoms with Gasteiger partial charge in [-0.15, -0.1) is 12.4 Å². The van der Waals surface area contributed by atoms with Crippen LogP contribution in [0, 0.1) is 5.82 Å². The predicted octanol–water partition coefficient (Wildman–Crippen LogP) is 2.67. The highest BCUT2D eigenvalue weighted by atomic mass is 35.5. The normalized spacial score (nSPS) is 13.7. The van der Waals surface area contributed by atoms with Crippen LogP contribution in [-0.2, 0) is 6.42 Å². The van der Waals surface area contributed by atoms with Crippen LogP contribution in [0.1, 0.15) is 37.0 Å². The van der Waals surface area contributed by atoms with Gasteiger partial charge in [0.1, 0.15) is 5.82 Å². The lowest BCUT2D eigenvalue weighted by atomic mass is 10.1. The van der Waals surface area contributed by atoms with Crippen molar-refractivity contribution in [1.29, 1.82) is 0 Å². The Balaban J connectivity index is 0.00000180. The summed E-state index contributed by atoms with van der Waals surface area (Å²) in [6, 6.07) is 6.31. The van der Waals surface area contributed by atoms with Crippen LogP contribution < -0.4 is 5.73 Å². The highest BCUT2D eigenvalue weighted by molar-refractivity contribution is 5.85. The molecule has 1 aromatic heterocycles. The zero-order valence-corrected chi connectivity index (χ0v) is 11.7. The molecule has 0 bridgehead atoms. The van der Waals surface area contributed by atoms with Crippen LogP contribution in [0.4, 0.5) is 4.39 Å². The van der Waals surface area contributed by atoms with Gasteiger partial charge in [-0.1, -0.05) is 24.2 Å². The predicted molar refractivity (Wildman–Crippen MR) is 72.8 cm³/mol. The molecule has 2 unspecified atom stereocenters. The third-order valence-corrected chi connectivity index (χ3v) is 2.91. The summed E-state index contributed by atoms with van der Waals surface area (Å²) < 4.78 is 18.2. The topological polar surface area (TPSA) is 64.9 Å². The van der Waals surface area contributed by atoms with Crippen LogP contribution in [0.3, 0.4) is 0 Å². The average Bonchev–Trinajstić information content (AvgIpc) is 2.76. The minimum absolute atomic E-state index is 0. The molecule has 104 valence electrons. The fourth-order valence-corrected chi connectivity index (χ4v) is 1.58. The zero-order chi connectivity index (χ0) is 13.1. The second kappa shape index (κ2) is 6.63. The van der Waals surface area contributed by atoms with E-state index in [9.17, 15) is 4.39 Å². The van der Waals surface area contributed by atoms with Gasteiger partial charge >= 0.3 is 0 Å². The van der Waals surface area contributed by atoms with Gasteiger partial charge in [-0.2, -0.15) is 4.98 Å². The molecule has 1 aromatic carbocycles. The molecule has 0 aliphatic rings. The van der Waals surface area contributed by atoms with Gasteiger partial charge in [0.2, 0.25) is 5.89 Å². The number of nitrogens with zero attached hydrogens (tertiary/aromatic N) is 2. The standard InChI is InChI=1S/C13H16FN3O.ClH/c1-8(9(2)15)13-16-12(17-18-13)7-10-4-3-5-11(14)6-10;/h3-6,8-9H,7,15H2,1-2H3;1H. The van der Waals surface area contributed by atoms with Crippen LogP contribution in [0.5, 0.6) is 0 Å². The molecule has 0 fully saturated rings. The van der Waals surface area contributed by atoms with Crippen molar-refractivity contribution < 1.29 is 8.91 Å². The molecule has 0 amide bonds. The molecule has 0 aliphatic carbocycles. The molecule has 2 aromatic rings. The Morgan fingerprint density at radius 2 is 2.11 bits per heavy atom. The summed E-state index contributed by atoms with van der Waals surface area (Å²) in [5.74, 6) is 0.818. The quantitative estimate of drug-likeness (QED) is 0.938. The van der Waals surface area contributed by atoms with Gasteiger partial charge in [0, 0.05) is 12.5 Å². The number of benzene rings is 1. The summed E-state index contributed by atoms with van der Waals surface area (Å²) >= 11 is 0. The molecule has 0 radical (unpaired) electrons. The van der Waals surface area contributed by atoms with E-state index in [1.807, 2.05) is 19.9 Å². The van der Waals surface area contributed by atoms with Gasteiger partial charge in [0.25, 0.3) is 0 Å². The summed E-state index contributed by atoms with van der Waals surface area (Å²) in [4.78, 5) is 4.28. The molecule has 0 aliphatic heterocycles. The van der Waals surface area contributed by atoms with Crippen molar-refractivity contribution in [1.82, 2.24) is 10.1 Å². The Labute approximate surface area is 117 Å². The van der Waals surface area contributed by atoms with Crippen molar-refractivity contribution in [2.24, 2.45) is 5.73 Å². The SMILES string of the molecule is CC(N)C(C)c1nc(Cc2cccc(F)c2)no1.Cl. The second-order valence-electron chi connectivity index (χ2n) is 4.50. The molecule has 0 saturated carbocycles. The van der Waals surface area contributed by atoms with Crippen molar-refractivity contribution in [2.45, 2.75) is 32.2 Å². The van der Waals surface area contributed by atoms with Crippen molar-refractivity contribution in [3.63, 3.8) is 0 Å². The number of nitrogens with two attached hydrogens (primary N) is 1. The molecule has 4 nitrogen and oxygen atoms in total. The van der Waals surface area contributed by atoms with E-state index in [4.69, 9.17) is 10.3 Å². The molecule has 2 atom stereocenters. The fraction of sp³-hybridized carbons (Fsp3) is 0.385. The number of rotatable bonds is 4. The van der Waals surface area contributed by atoms with Gasteiger partial charge in [0.05, 0.1) is 5.92 Å². The first-order valence-corrected chi connectivity index (χ1v) is 5.89. The third-order valence-electron chi connectivity index (χ3n) is 2.91. The van der Waals surface area contributed by atoms with Crippen molar-refractivity contribution in [2.75, 3.05) is 0 Å². The maximum Gasteiger partial charge on any atom is 0.231 e. The summed E-state index contributed by atoms with van der Waals surface area (Å²) in [5.41, 5.74) is 6.59. The van der Waals surface area contributed by atoms with E-state index in [1.54, 1.807) is 6.07 Å². The molecule has 2 rings (SSSR count). The van der Waals surface area contributed by atoms with Crippen molar-refractivity contribution in [3.05, 3.63) is 47.4 Å². The van der Waals surface area contributed by atoms with Crippen LogP contribution in [0.25, 0.3) is 0 Å². The number of halogens is 2. The number of aromatic nitrogens is 2. The smallest absolute Gasteiger partial charge is 0.231 e. The van der Waals surface area contributed by atoms with Crippen LogP contribution in [-0.4, -0.2) is 16.2 Å². The molecule has 1 heterocycles. The van der Waals surface area contributed by atoms with Crippen LogP contribution >= 0.6 is 12.4 Å². The molecule has 19 heavy (non-hydrogen) atoms. The van der Waals surface area contributed by atoms with E-state index in [1.165, 1.54) is 12.1 Å². The highest BCUT2D eigenvalue weighted by Gasteiger charge is 2.17. The summed E-state index contributed by atoms with van der Waals surface area (Å²) in [5, 5.41) is 3.88. The molecular formula is C13H17ClFN3O. The minimum atomic E-state index is -0.264. The van der Waals surface area contributed by atoms with Crippen LogP contribution in [0.15, 0.2) is 28.8 Å². The zero-order valence-electron chi connectivity index (χ0n) is 10.8. The molecular weight excluding hydrogens is 269 g/mol. The number of hydrogen-bond acceptors (Lipinski definition) is 4. The third kappa shape index (κ3) is 4.01. The fourth-order valence-electron chi connectivity index (χ4n) is 1.58. The van der Waals surface area contributed by atoms with E-state index in [0.717, 1.165) is 5.56 Å². The Hall–Kier alpha value is -1.46. The number of hydrogen-bond donors (Lipinski definition) is 1. The summed E-state index contributed by atoms with van der Waals surface area (Å²) in [6.45, 7) is 3.82. The second-order valence-corrected chi connectivity index (χ2v) is 4.50. The van der Waals surface area contributed by atoms with Gasteiger partial charge in [-0.05, 0) is 24.6 Å². The van der Waals surface area contributed by atoms with Gasteiger partial charge in [0.15, 0.2) is 5.82 Å². The monoisotopic (exact) mass is 285 g/mol. The maximum atomic E-state index is 13.0. The van der Waals surface area contributed by atoms with Crippen LogP contribution in [0.2, 0.25) is 0 Å². The van der Waals surface area contributed by atoms with E-state index < -0.39 is 0 Å². The lowest BCUT2D eigenvalue weighted by Gasteiger charge is -2.09. The Kier molecular flexibility index (Phi) is 5.44. The van der Waals surface area contributed by atoms with E-state index in [2.05, 4.69) is 10.1 Å². The lowest BCUT2D eigenvalue weighted by Crippen LogP contribution is -2.22. The molecule has 0 spiro atoms. The first-order valence-electron chi connectivity index (χ1n) is 5.89. The Morgan fingerprint density at radius 3 is 2.74 bits per heavy atom. The van der Waals surface area contributed by atoms with Gasteiger partial charge in [-0.3, -0.25) is 0 Å². The lowest BCUT2D eigenvalue weighted by molar-refractivity contribution is 0.343. The van der Waals surface area contributed by atoms with Gasteiger partial charge in [-0.25, -0.2) is 4.39 Å². The molecule has 2 N–H and O–H groups in total. The maximum absolute atomic E-state index is 13.0. The summed E-state index contributed by atoms with van der Waals surface area (Å²) in [6.07, 6.45) is 0.451.